The summed E-state index contributed by atoms with van der Waals surface area (Å²) in [5.74, 6) is -0.157. The largest absolute Gasteiger partial charge is 0.367 e. The highest BCUT2D eigenvalue weighted by molar-refractivity contribution is 7.80. The molecular formula is C12H18N2O2S. The maximum Gasteiger partial charge on any atom is 0.260 e. The fourth-order valence-corrected chi connectivity index (χ4v) is 2.83. The molecule has 17 heavy (non-hydrogen) atoms. The number of allylic oxidation sites excluding steroid dienone is 1. The van der Waals surface area contributed by atoms with Gasteiger partial charge in [0.25, 0.3) is 5.91 Å². The number of thiocarbonyl (C=S) groups is 1. The third-order valence-electron chi connectivity index (χ3n) is 3.78. The van der Waals surface area contributed by atoms with Crippen molar-refractivity contribution < 1.29 is 9.90 Å². The summed E-state index contributed by atoms with van der Waals surface area (Å²) in [5.41, 5.74) is 0.329. The van der Waals surface area contributed by atoms with Crippen molar-refractivity contribution >= 4 is 23.2 Å². The number of carbonyl (C=O) groups excluding carboxylic acids is 1. The van der Waals surface area contributed by atoms with E-state index in [0.717, 1.165) is 31.3 Å². The quantitative estimate of drug-likeness (QED) is 0.522. The molecule has 1 heterocycles. The first-order valence-electron chi connectivity index (χ1n) is 5.88. The first kappa shape index (κ1) is 12.5. The first-order valence-corrected chi connectivity index (χ1v) is 6.29. The van der Waals surface area contributed by atoms with Crippen molar-refractivity contribution in [1.29, 1.82) is 0 Å². The van der Waals surface area contributed by atoms with Gasteiger partial charge in [-0.25, -0.2) is 0 Å². The van der Waals surface area contributed by atoms with Crippen LogP contribution in [-0.4, -0.2) is 45.7 Å². The molecule has 1 atom stereocenters. The number of carbonyl (C=O) groups is 1. The zero-order valence-electron chi connectivity index (χ0n) is 10.5. The lowest BCUT2D eigenvalue weighted by Gasteiger charge is -2.45. The minimum Gasteiger partial charge on any atom is -0.367 e. The van der Waals surface area contributed by atoms with E-state index in [1.807, 2.05) is 0 Å². The van der Waals surface area contributed by atoms with Crippen LogP contribution in [0.25, 0.3) is 0 Å². The van der Waals surface area contributed by atoms with E-state index >= 15 is 0 Å². The molecule has 0 spiro atoms. The Morgan fingerprint density at radius 1 is 1.29 bits per heavy atom. The zero-order chi connectivity index (χ0) is 12.8. The Bertz CT molecular complexity index is 407. The lowest BCUT2D eigenvalue weighted by Crippen LogP contribution is -2.61. The fourth-order valence-electron chi connectivity index (χ4n) is 2.57. The van der Waals surface area contributed by atoms with Crippen LogP contribution >= 0.6 is 12.2 Å². The molecule has 4 nitrogen and oxygen atoms in total. The van der Waals surface area contributed by atoms with Gasteiger partial charge >= 0.3 is 0 Å². The Kier molecular flexibility index (Phi) is 2.99. The molecule has 2 aliphatic rings. The summed E-state index contributed by atoms with van der Waals surface area (Å²) >= 11 is 5.15. The number of aliphatic hydroxyl groups is 1. The van der Waals surface area contributed by atoms with Gasteiger partial charge in [0, 0.05) is 14.1 Å². The van der Waals surface area contributed by atoms with E-state index in [9.17, 15) is 9.90 Å². The van der Waals surface area contributed by atoms with Gasteiger partial charge in [0.05, 0.1) is 5.57 Å². The number of rotatable bonds is 0. The van der Waals surface area contributed by atoms with Gasteiger partial charge in [-0.05, 0) is 44.8 Å². The Morgan fingerprint density at radius 2 is 1.82 bits per heavy atom. The Balaban J connectivity index is 2.52. The summed E-state index contributed by atoms with van der Waals surface area (Å²) in [7, 11) is 3.38. The van der Waals surface area contributed by atoms with Gasteiger partial charge < -0.3 is 10.0 Å². The molecule has 1 N–H and O–H groups in total. The average Bonchev–Trinajstić information content (AvgIpc) is 2.77. The van der Waals surface area contributed by atoms with Crippen LogP contribution in [0.2, 0.25) is 0 Å². The number of hydrogen-bond donors (Lipinski definition) is 1. The molecule has 2 fully saturated rings. The van der Waals surface area contributed by atoms with E-state index in [0.29, 0.717) is 10.7 Å². The zero-order valence-corrected chi connectivity index (χ0v) is 11.3. The van der Waals surface area contributed by atoms with Crippen LogP contribution in [-0.2, 0) is 4.79 Å². The van der Waals surface area contributed by atoms with Crippen LogP contribution in [0.15, 0.2) is 11.1 Å². The molecule has 0 aromatic heterocycles. The van der Waals surface area contributed by atoms with Gasteiger partial charge in [-0.1, -0.05) is 5.57 Å². The third-order valence-corrected chi connectivity index (χ3v) is 4.33. The molecule has 1 saturated heterocycles. The summed E-state index contributed by atoms with van der Waals surface area (Å²) in [4.78, 5) is 15.3. The minimum atomic E-state index is -1.28. The van der Waals surface area contributed by atoms with Crippen molar-refractivity contribution in [2.75, 3.05) is 14.1 Å². The molecule has 1 aliphatic carbocycles. The number of nitrogens with zero attached hydrogens (tertiary/aromatic N) is 2. The summed E-state index contributed by atoms with van der Waals surface area (Å²) in [6.45, 7) is 1.64. The molecule has 0 aromatic rings. The lowest BCUT2D eigenvalue weighted by atomic mass is 9.93. The second-order valence-corrected chi connectivity index (χ2v) is 5.28. The van der Waals surface area contributed by atoms with Gasteiger partial charge in [0.2, 0.25) is 0 Å². The van der Waals surface area contributed by atoms with Crippen LogP contribution < -0.4 is 0 Å². The Labute approximate surface area is 107 Å². The topological polar surface area (TPSA) is 43.8 Å². The molecular weight excluding hydrogens is 236 g/mol. The first-order chi connectivity index (χ1) is 7.87. The maximum atomic E-state index is 12.3. The van der Waals surface area contributed by atoms with Gasteiger partial charge in [-0.2, -0.15) is 0 Å². The second kappa shape index (κ2) is 4.07. The highest BCUT2D eigenvalue weighted by Gasteiger charge is 2.46. The maximum absolute atomic E-state index is 12.3. The van der Waals surface area contributed by atoms with Crippen molar-refractivity contribution in [2.24, 2.45) is 0 Å². The highest BCUT2D eigenvalue weighted by atomic mass is 32.1. The molecule has 5 heteroatoms. The van der Waals surface area contributed by atoms with Gasteiger partial charge in [-0.3, -0.25) is 9.69 Å². The van der Waals surface area contributed by atoms with E-state index in [4.69, 9.17) is 12.2 Å². The molecule has 0 aromatic carbocycles. The van der Waals surface area contributed by atoms with Crippen LogP contribution in [0.5, 0.6) is 0 Å². The molecule has 2 rings (SSSR count). The third kappa shape index (κ3) is 1.77. The van der Waals surface area contributed by atoms with Crippen molar-refractivity contribution in [3.63, 3.8) is 0 Å². The van der Waals surface area contributed by atoms with E-state index in [1.165, 1.54) is 4.90 Å². The Hall–Kier alpha value is -0.940. The predicted molar refractivity (Wildman–Crippen MR) is 69.2 cm³/mol. The van der Waals surface area contributed by atoms with Crippen molar-refractivity contribution in [3.05, 3.63) is 11.1 Å². The van der Waals surface area contributed by atoms with E-state index < -0.39 is 5.72 Å². The standard InChI is InChI=1S/C12H18N2O2S/c1-12(16)9(8-6-4-5-7-8)10(15)13(2)11(17)14(12)3/h16H,4-7H2,1-3H3/t12-/m1/s1. The molecule has 0 radical (unpaired) electrons. The normalized spacial score (nSPS) is 30.6. The molecule has 0 unspecified atom stereocenters. The predicted octanol–water partition coefficient (Wildman–Crippen LogP) is 1.25. The average molecular weight is 254 g/mol. The number of hydrogen-bond acceptors (Lipinski definition) is 3. The van der Waals surface area contributed by atoms with E-state index in [1.54, 1.807) is 25.9 Å². The SMILES string of the molecule is CN1C(=O)C(=C2CCCC2)[C@@](C)(O)N(C)C1=S. The highest BCUT2D eigenvalue weighted by Crippen LogP contribution is 2.36. The molecule has 1 amide bonds. The minimum absolute atomic E-state index is 0.157. The second-order valence-electron chi connectivity index (χ2n) is 4.91. The molecule has 0 bridgehead atoms. The van der Waals surface area contributed by atoms with Crippen molar-refractivity contribution in [1.82, 2.24) is 9.80 Å². The van der Waals surface area contributed by atoms with Crippen LogP contribution in [0.3, 0.4) is 0 Å². The van der Waals surface area contributed by atoms with Crippen molar-refractivity contribution in [3.8, 4) is 0 Å². The van der Waals surface area contributed by atoms with Crippen LogP contribution in [0, 0.1) is 0 Å². The monoisotopic (exact) mass is 254 g/mol. The van der Waals surface area contributed by atoms with Crippen LogP contribution in [0.1, 0.15) is 32.6 Å². The Morgan fingerprint density at radius 3 is 2.35 bits per heavy atom. The van der Waals surface area contributed by atoms with E-state index in [-0.39, 0.29) is 5.91 Å². The summed E-state index contributed by atoms with van der Waals surface area (Å²) in [5, 5.41) is 10.9. The molecule has 1 aliphatic heterocycles. The van der Waals surface area contributed by atoms with Gasteiger partial charge in [-0.15, -0.1) is 0 Å². The number of likely N-dealkylation sites (N-methyl/N-ethyl adjacent to an activating group) is 2. The van der Waals surface area contributed by atoms with Crippen LogP contribution in [0.4, 0.5) is 0 Å². The van der Waals surface area contributed by atoms with Gasteiger partial charge in [0.15, 0.2) is 10.8 Å². The fraction of sp³-hybridized carbons (Fsp3) is 0.667. The molecule has 1 saturated carbocycles. The van der Waals surface area contributed by atoms with E-state index in [2.05, 4.69) is 0 Å². The number of amides is 1. The smallest absolute Gasteiger partial charge is 0.260 e. The summed E-state index contributed by atoms with van der Waals surface area (Å²) < 4.78 is 0. The van der Waals surface area contributed by atoms with Gasteiger partial charge in [0.1, 0.15) is 0 Å². The lowest BCUT2D eigenvalue weighted by molar-refractivity contribution is -0.131. The summed E-state index contributed by atoms with van der Waals surface area (Å²) in [6.07, 6.45) is 4.01. The summed E-state index contributed by atoms with van der Waals surface area (Å²) in [6, 6.07) is 0. The van der Waals surface area contributed by atoms with Crippen molar-refractivity contribution in [2.45, 2.75) is 38.3 Å². The molecule has 94 valence electrons.